The van der Waals surface area contributed by atoms with Crippen LogP contribution in [0.2, 0.25) is 0 Å². The Morgan fingerprint density at radius 2 is 1.90 bits per heavy atom. The molecule has 1 heterocycles. The first-order chi connectivity index (χ1) is 13.9. The molecule has 2 aromatic carbocycles. The van der Waals surface area contributed by atoms with Crippen molar-refractivity contribution in [2.75, 3.05) is 0 Å². The highest BCUT2D eigenvalue weighted by Crippen LogP contribution is 2.14. The summed E-state index contributed by atoms with van der Waals surface area (Å²) in [6, 6.07) is 15.5. The Labute approximate surface area is 169 Å². The van der Waals surface area contributed by atoms with Gasteiger partial charge >= 0.3 is 5.97 Å². The number of nitrogens with zero attached hydrogens (tertiary/aromatic N) is 3. The van der Waals surface area contributed by atoms with Gasteiger partial charge in [-0.1, -0.05) is 53.2 Å². The van der Waals surface area contributed by atoms with Crippen molar-refractivity contribution in [1.29, 1.82) is 0 Å². The fourth-order valence-corrected chi connectivity index (χ4v) is 2.88. The summed E-state index contributed by atoms with van der Waals surface area (Å²) in [6.07, 6.45) is 3.64. The molecule has 0 spiro atoms. The van der Waals surface area contributed by atoms with Crippen molar-refractivity contribution in [2.45, 2.75) is 33.4 Å². The maximum absolute atomic E-state index is 12.6. The molecule has 0 aliphatic carbocycles. The Hall–Kier alpha value is -3.54. The summed E-state index contributed by atoms with van der Waals surface area (Å²) in [5, 5.41) is 8.06. The number of aryl methyl sites for hydroxylation is 2. The van der Waals surface area contributed by atoms with Gasteiger partial charge in [0.25, 0.3) is 0 Å². The predicted molar refractivity (Wildman–Crippen MR) is 110 cm³/mol. The van der Waals surface area contributed by atoms with E-state index in [9.17, 15) is 9.59 Å². The molecule has 0 fully saturated rings. The standard InChI is InChI=1S/C23H23N3O3/c1-16-9-10-17(2)21(13-16)23(28)18(3)29-22(27)12-11-20-15-26(25-24-20)14-19-7-5-4-6-8-19/h4-13,15,18H,14H2,1-3H3/b12-11+/t18-/m0/s1. The number of benzene rings is 2. The van der Waals surface area contributed by atoms with Gasteiger partial charge in [0.2, 0.25) is 5.78 Å². The van der Waals surface area contributed by atoms with Crippen LogP contribution < -0.4 is 0 Å². The second-order valence-corrected chi connectivity index (χ2v) is 6.92. The summed E-state index contributed by atoms with van der Waals surface area (Å²) in [4.78, 5) is 24.7. The third-order valence-corrected chi connectivity index (χ3v) is 4.45. The Morgan fingerprint density at radius 3 is 2.66 bits per heavy atom. The minimum atomic E-state index is -0.874. The van der Waals surface area contributed by atoms with Crippen LogP contribution in [0.3, 0.4) is 0 Å². The van der Waals surface area contributed by atoms with Crippen LogP contribution >= 0.6 is 0 Å². The van der Waals surface area contributed by atoms with Crippen molar-refractivity contribution in [1.82, 2.24) is 15.0 Å². The lowest BCUT2D eigenvalue weighted by Gasteiger charge is -2.13. The highest BCUT2D eigenvalue weighted by atomic mass is 16.5. The Kier molecular flexibility index (Phi) is 6.34. The first kappa shape index (κ1) is 20.2. The number of rotatable bonds is 7. The molecule has 0 radical (unpaired) electrons. The van der Waals surface area contributed by atoms with Crippen LogP contribution in [0.25, 0.3) is 6.08 Å². The molecule has 3 rings (SSSR count). The molecule has 6 nitrogen and oxygen atoms in total. The number of hydrogen-bond donors (Lipinski definition) is 0. The van der Waals surface area contributed by atoms with Crippen molar-refractivity contribution >= 4 is 17.8 Å². The van der Waals surface area contributed by atoms with Gasteiger partial charge in [-0.15, -0.1) is 5.10 Å². The Bertz CT molecular complexity index is 1040. The molecule has 3 aromatic rings. The van der Waals surface area contributed by atoms with Crippen molar-refractivity contribution in [2.24, 2.45) is 0 Å². The molecule has 148 valence electrons. The average Bonchev–Trinajstić information content (AvgIpc) is 3.15. The quantitative estimate of drug-likeness (QED) is 0.349. The summed E-state index contributed by atoms with van der Waals surface area (Å²) < 4.78 is 6.94. The monoisotopic (exact) mass is 389 g/mol. The number of carbonyl (C=O) groups excluding carboxylic acids is 2. The highest BCUT2D eigenvalue weighted by Gasteiger charge is 2.20. The van der Waals surface area contributed by atoms with Crippen molar-refractivity contribution in [3.05, 3.63) is 88.8 Å². The summed E-state index contributed by atoms with van der Waals surface area (Å²) in [5.41, 5.74) is 4.04. The van der Waals surface area contributed by atoms with Crippen molar-refractivity contribution in [3.8, 4) is 0 Å². The fraction of sp³-hybridized carbons (Fsp3) is 0.217. The SMILES string of the molecule is Cc1ccc(C)c(C(=O)[C@H](C)OC(=O)/C=C/c2cn(Cc3ccccc3)nn2)c1. The molecule has 1 aromatic heterocycles. The van der Waals surface area contributed by atoms with Gasteiger partial charge in [-0.05, 0) is 44.0 Å². The predicted octanol–water partition coefficient (Wildman–Crippen LogP) is 3.77. The van der Waals surface area contributed by atoms with E-state index in [2.05, 4.69) is 10.3 Å². The number of carbonyl (C=O) groups is 2. The molecular weight excluding hydrogens is 366 g/mol. The molecule has 0 amide bonds. The summed E-state index contributed by atoms with van der Waals surface area (Å²) in [5.74, 6) is -0.824. The van der Waals surface area contributed by atoms with E-state index in [4.69, 9.17) is 4.74 Å². The Morgan fingerprint density at radius 1 is 1.14 bits per heavy atom. The van der Waals surface area contributed by atoms with Gasteiger partial charge in [-0.25, -0.2) is 9.48 Å². The number of Topliss-reactive ketones (excluding diaryl/α,β-unsaturated/α-hetero) is 1. The zero-order valence-electron chi connectivity index (χ0n) is 16.7. The molecule has 0 N–H and O–H groups in total. The number of ketones is 1. The lowest BCUT2D eigenvalue weighted by Crippen LogP contribution is -2.24. The van der Waals surface area contributed by atoms with Crippen LogP contribution in [0.4, 0.5) is 0 Å². The maximum atomic E-state index is 12.6. The van der Waals surface area contributed by atoms with Crippen LogP contribution in [-0.4, -0.2) is 32.9 Å². The van der Waals surface area contributed by atoms with Gasteiger partial charge in [0, 0.05) is 11.6 Å². The minimum Gasteiger partial charge on any atom is -0.451 e. The zero-order valence-corrected chi connectivity index (χ0v) is 16.7. The molecule has 0 aliphatic rings. The topological polar surface area (TPSA) is 74.1 Å². The largest absolute Gasteiger partial charge is 0.451 e. The van der Waals surface area contributed by atoms with E-state index in [0.29, 0.717) is 17.8 Å². The molecule has 6 heteroatoms. The molecular formula is C23H23N3O3. The van der Waals surface area contributed by atoms with E-state index >= 15 is 0 Å². The average molecular weight is 389 g/mol. The molecule has 1 atom stereocenters. The Balaban J connectivity index is 1.58. The first-order valence-electron chi connectivity index (χ1n) is 9.36. The minimum absolute atomic E-state index is 0.221. The molecule has 0 unspecified atom stereocenters. The van der Waals surface area contributed by atoms with Gasteiger partial charge < -0.3 is 4.74 Å². The lowest BCUT2D eigenvalue weighted by atomic mass is 9.99. The zero-order chi connectivity index (χ0) is 20.8. The number of ether oxygens (including phenoxy) is 1. The second-order valence-electron chi connectivity index (χ2n) is 6.92. The van der Waals surface area contributed by atoms with Gasteiger partial charge in [-0.3, -0.25) is 4.79 Å². The van der Waals surface area contributed by atoms with Crippen LogP contribution in [0.1, 0.15) is 39.7 Å². The fourth-order valence-electron chi connectivity index (χ4n) is 2.88. The third-order valence-electron chi connectivity index (χ3n) is 4.45. The van der Waals surface area contributed by atoms with E-state index in [1.807, 2.05) is 62.4 Å². The van der Waals surface area contributed by atoms with Gasteiger partial charge in [0.1, 0.15) is 5.69 Å². The van der Waals surface area contributed by atoms with E-state index in [-0.39, 0.29) is 5.78 Å². The van der Waals surface area contributed by atoms with Crippen molar-refractivity contribution < 1.29 is 14.3 Å². The number of esters is 1. The third kappa shape index (κ3) is 5.48. The lowest BCUT2D eigenvalue weighted by molar-refractivity contribution is -0.140. The molecule has 29 heavy (non-hydrogen) atoms. The van der Waals surface area contributed by atoms with E-state index in [1.54, 1.807) is 17.8 Å². The van der Waals surface area contributed by atoms with Crippen LogP contribution in [0.5, 0.6) is 0 Å². The van der Waals surface area contributed by atoms with Gasteiger partial charge in [0.05, 0.1) is 12.7 Å². The van der Waals surface area contributed by atoms with Gasteiger partial charge in [0.15, 0.2) is 6.10 Å². The van der Waals surface area contributed by atoms with Crippen molar-refractivity contribution in [3.63, 3.8) is 0 Å². The normalized spacial score (nSPS) is 12.1. The van der Waals surface area contributed by atoms with Gasteiger partial charge in [-0.2, -0.15) is 0 Å². The molecule has 0 saturated carbocycles. The maximum Gasteiger partial charge on any atom is 0.331 e. The first-order valence-corrected chi connectivity index (χ1v) is 9.36. The summed E-state index contributed by atoms with van der Waals surface area (Å²) in [7, 11) is 0. The molecule has 0 saturated heterocycles. The van der Waals surface area contributed by atoms with E-state index in [0.717, 1.165) is 16.7 Å². The number of aromatic nitrogens is 3. The van der Waals surface area contributed by atoms with E-state index < -0.39 is 12.1 Å². The summed E-state index contributed by atoms with van der Waals surface area (Å²) in [6.45, 7) is 5.94. The highest BCUT2D eigenvalue weighted by molar-refractivity contribution is 6.02. The molecule has 0 aliphatic heterocycles. The number of hydrogen-bond acceptors (Lipinski definition) is 5. The van der Waals surface area contributed by atoms with E-state index in [1.165, 1.54) is 12.2 Å². The van der Waals surface area contributed by atoms with Crippen LogP contribution in [0, 0.1) is 13.8 Å². The van der Waals surface area contributed by atoms with Crippen LogP contribution in [-0.2, 0) is 16.1 Å². The summed E-state index contributed by atoms with van der Waals surface area (Å²) >= 11 is 0. The smallest absolute Gasteiger partial charge is 0.331 e. The second kappa shape index (κ2) is 9.10. The molecule has 0 bridgehead atoms. The van der Waals surface area contributed by atoms with Crippen LogP contribution in [0.15, 0.2) is 60.8 Å².